The van der Waals surface area contributed by atoms with E-state index in [-0.39, 0.29) is 11.1 Å². The van der Waals surface area contributed by atoms with Crippen molar-refractivity contribution in [1.29, 1.82) is 5.41 Å². The van der Waals surface area contributed by atoms with E-state index in [9.17, 15) is 9.18 Å². The van der Waals surface area contributed by atoms with Crippen LogP contribution in [-0.4, -0.2) is 32.9 Å². The molecule has 4 aromatic rings. The summed E-state index contributed by atoms with van der Waals surface area (Å²) in [6.07, 6.45) is 6.46. The number of allylic oxidation sites excluding steroid dienone is 1. The number of hydrogen-bond acceptors (Lipinski definition) is 6. The van der Waals surface area contributed by atoms with Crippen molar-refractivity contribution in [2.24, 2.45) is 0 Å². The van der Waals surface area contributed by atoms with Crippen LogP contribution < -0.4 is 15.5 Å². The molecular formula is C23H19FN6O2. The summed E-state index contributed by atoms with van der Waals surface area (Å²) < 4.78 is 21.7. The summed E-state index contributed by atoms with van der Waals surface area (Å²) in [6.45, 7) is 0. The third kappa shape index (κ3) is 4.31. The van der Waals surface area contributed by atoms with Crippen molar-refractivity contribution in [2.75, 3.05) is 12.4 Å². The van der Waals surface area contributed by atoms with E-state index in [1.807, 2.05) is 30.3 Å². The molecule has 2 aromatic heterocycles. The van der Waals surface area contributed by atoms with Gasteiger partial charge in [0.25, 0.3) is 0 Å². The fourth-order valence-electron chi connectivity index (χ4n) is 3.11. The predicted octanol–water partition coefficient (Wildman–Crippen LogP) is 3.67. The van der Waals surface area contributed by atoms with E-state index in [1.54, 1.807) is 18.2 Å². The van der Waals surface area contributed by atoms with E-state index in [4.69, 9.17) is 10.1 Å². The van der Waals surface area contributed by atoms with E-state index in [0.717, 1.165) is 18.1 Å². The number of rotatable bonds is 7. The SMILES string of the molecule is COc1cc(-n2cc(F)cn2)ccc1-n1ccc(=O)c(/C(=C/C=N)Nc2ccccc2)n1. The lowest BCUT2D eigenvalue weighted by Crippen LogP contribution is -2.18. The van der Waals surface area contributed by atoms with E-state index in [1.165, 1.54) is 41.0 Å². The molecule has 160 valence electrons. The zero-order valence-electron chi connectivity index (χ0n) is 17.1. The Bertz CT molecular complexity index is 1340. The summed E-state index contributed by atoms with van der Waals surface area (Å²) >= 11 is 0. The molecule has 0 bridgehead atoms. The Morgan fingerprint density at radius 1 is 1.16 bits per heavy atom. The smallest absolute Gasteiger partial charge is 0.209 e. The summed E-state index contributed by atoms with van der Waals surface area (Å²) in [4.78, 5) is 12.6. The molecule has 0 saturated heterocycles. The first kappa shape index (κ1) is 20.7. The van der Waals surface area contributed by atoms with Gasteiger partial charge >= 0.3 is 0 Å². The average Bonchev–Trinajstić information content (AvgIpc) is 3.26. The van der Waals surface area contributed by atoms with Gasteiger partial charge in [-0.05, 0) is 30.3 Å². The third-order valence-electron chi connectivity index (χ3n) is 4.59. The van der Waals surface area contributed by atoms with Crippen molar-refractivity contribution in [1.82, 2.24) is 19.6 Å². The van der Waals surface area contributed by atoms with Crippen molar-refractivity contribution in [3.8, 4) is 17.1 Å². The van der Waals surface area contributed by atoms with Crippen molar-refractivity contribution < 1.29 is 9.13 Å². The normalized spacial score (nSPS) is 11.2. The molecule has 0 spiro atoms. The molecule has 0 fully saturated rings. The molecule has 0 aliphatic heterocycles. The van der Waals surface area contributed by atoms with E-state index < -0.39 is 5.82 Å². The zero-order valence-corrected chi connectivity index (χ0v) is 17.1. The number of aromatic nitrogens is 4. The highest BCUT2D eigenvalue weighted by Gasteiger charge is 2.13. The Hall–Kier alpha value is -4.53. The monoisotopic (exact) mass is 430 g/mol. The number of methoxy groups -OCH3 is 1. The second-order valence-electron chi connectivity index (χ2n) is 6.67. The number of halogens is 1. The molecule has 8 nitrogen and oxygen atoms in total. The topological polar surface area (TPSA) is 97.8 Å². The van der Waals surface area contributed by atoms with E-state index in [2.05, 4.69) is 15.5 Å². The largest absolute Gasteiger partial charge is 0.494 e. The highest BCUT2D eigenvalue weighted by molar-refractivity contribution is 5.86. The number of hydrogen-bond donors (Lipinski definition) is 2. The van der Waals surface area contributed by atoms with E-state index >= 15 is 0 Å². The zero-order chi connectivity index (χ0) is 22.5. The van der Waals surface area contributed by atoms with Gasteiger partial charge in [0, 0.05) is 30.2 Å². The summed E-state index contributed by atoms with van der Waals surface area (Å²) in [5.41, 5.74) is 2.14. The quantitative estimate of drug-likeness (QED) is 0.436. The molecule has 0 aliphatic rings. The molecule has 0 radical (unpaired) electrons. The molecule has 0 amide bonds. The minimum atomic E-state index is -0.448. The van der Waals surface area contributed by atoms with Crippen LogP contribution in [0.2, 0.25) is 0 Å². The molecule has 0 aliphatic carbocycles. The van der Waals surface area contributed by atoms with Gasteiger partial charge in [-0.15, -0.1) is 0 Å². The van der Waals surface area contributed by atoms with Crippen molar-refractivity contribution in [3.63, 3.8) is 0 Å². The number of nitrogens with one attached hydrogen (secondary N) is 2. The number of benzene rings is 2. The van der Waals surface area contributed by atoms with Crippen LogP contribution in [0.4, 0.5) is 10.1 Å². The van der Waals surface area contributed by atoms with Crippen molar-refractivity contribution >= 4 is 17.6 Å². The Kier molecular flexibility index (Phi) is 5.89. The molecule has 2 N–H and O–H groups in total. The van der Waals surface area contributed by atoms with Gasteiger partial charge in [0.1, 0.15) is 11.4 Å². The molecule has 0 atom stereocenters. The molecule has 9 heteroatoms. The second kappa shape index (κ2) is 9.09. The van der Waals surface area contributed by atoms with Crippen LogP contribution >= 0.6 is 0 Å². The standard InChI is InChI=1S/C23H19FN6O2/c1-32-22-13-18(30-15-16(24)14-26-30)7-8-20(22)29-12-10-21(31)23(28-29)19(9-11-25)27-17-5-3-2-4-6-17/h2-15,25,27H,1H3/b19-9-,25-11?. The first-order valence-electron chi connectivity index (χ1n) is 9.61. The minimum absolute atomic E-state index is 0.139. The highest BCUT2D eigenvalue weighted by atomic mass is 19.1. The van der Waals surface area contributed by atoms with Crippen molar-refractivity contribution in [2.45, 2.75) is 0 Å². The van der Waals surface area contributed by atoms with Crippen molar-refractivity contribution in [3.05, 3.63) is 101 Å². The van der Waals surface area contributed by atoms with Gasteiger partial charge in [-0.25, -0.2) is 13.8 Å². The molecule has 0 unspecified atom stereocenters. The fourth-order valence-corrected chi connectivity index (χ4v) is 3.11. The van der Waals surface area contributed by atoms with Gasteiger partial charge in [-0.2, -0.15) is 10.2 Å². The third-order valence-corrected chi connectivity index (χ3v) is 4.59. The van der Waals surface area contributed by atoms with Crippen LogP contribution in [0.25, 0.3) is 17.1 Å². The molecular weight excluding hydrogens is 411 g/mol. The van der Waals surface area contributed by atoms with Gasteiger partial charge < -0.3 is 15.5 Å². The number of anilines is 1. The molecule has 32 heavy (non-hydrogen) atoms. The first-order chi connectivity index (χ1) is 15.6. The molecule has 2 heterocycles. The van der Waals surface area contributed by atoms with Crippen LogP contribution in [0.1, 0.15) is 5.69 Å². The molecule has 2 aromatic carbocycles. The van der Waals surface area contributed by atoms with Gasteiger partial charge in [-0.3, -0.25) is 4.79 Å². The van der Waals surface area contributed by atoms with Gasteiger partial charge in [0.2, 0.25) is 5.43 Å². The number of para-hydroxylation sites is 1. The Morgan fingerprint density at radius 3 is 2.66 bits per heavy atom. The number of ether oxygens (including phenoxy) is 1. The Labute approximate surface area is 182 Å². The predicted molar refractivity (Wildman–Crippen MR) is 120 cm³/mol. The lowest BCUT2D eigenvalue weighted by Gasteiger charge is -2.15. The van der Waals surface area contributed by atoms with Crippen LogP contribution in [0.3, 0.4) is 0 Å². The Balaban J connectivity index is 1.75. The lowest BCUT2D eigenvalue weighted by atomic mass is 10.2. The summed E-state index contributed by atoms with van der Waals surface area (Å²) in [5, 5.41) is 19.0. The van der Waals surface area contributed by atoms with Gasteiger partial charge in [-0.1, -0.05) is 18.2 Å². The fraction of sp³-hybridized carbons (Fsp3) is 0.0435. The minimum Gasteiger partial charge on any atom is -0.494 e. The Morgan fingerprint density at radius 2 is 1.97 bits per heavy atom. The van der Waals surface area contributed by atoms with E-state index in [0.29, 0.717) is 22.8 Å². The van der Waals surface area contributed by atoms with Gasteiger partial charge in [0.15, 0.2) is 11.5 Å². The summed E-state index contributed by atoms with van der Waals surface area (Å²) in [5.74, 6) is 0.00491. The second-order valence-corrected chi connectivity index (χ2v) is 6.67. The highest BCUT2D eigenvalue weighted by Crippen LogP contribution is 2.25. The summed E-state index contributed by atoms with van der Waals surface area (Å²) in [7, 11) is 1.51. The molecule has 0 saturated carbocycles. The van der Waals surface area contributed by atoms with Crippen LogP contribution in [0, 0.1) is 11.2 Å². The van der Waals surface area contributed by atoms with Crippen LogP contribution in [0.5, 0.6) is 5.75 Å². The van der Waals surface area contributed by atoms with Gasteiger partial charge in [0.05, 0.1) is 30.9 Å². The maximum Gasteiger partial charge on any atom is 0.209 e. The number of nitrogens with zero attached hydrogens (tertiary/aromatic N) is 4. The lowest BCUT2D eigenvalue weighted by molar-refractivity contribution is 0.411. The first-order valence-corrected chi connectivity index (χ1v) is 9.61. The van der Waals surface area contributed by atoms with Crippen LogP contribution in [0.15, 0.2) is 84.1 Å². The maximum absolute atomic E-state index is 13.3. The van der Waals surface area contributed by atoms with Crippen LogP contribution in [-0.2, 0) is 0 Å². The summed E-state index contributed by atoms with van der Waals surface area (Å²) in [6, 6.07) is 15.9. The maximum atomic E-state index is 13.3. The average molecular weight is 430 g/mol. The molecule has 4 rings (SSSR count).